The number of nitrogens with zero attached hydrogens (tertiary/aromatic N) is 2. The monoisotopic (exact) mass is 444 g/mol. The van der Waals surface area contributed by atoms with E-state index < -0.39 is 28.4 Å². The van der Waals surface area contributed by atoms with Crippen molar-refractivity contribution in [3.8, 4) is 11.8 Å². The number of ether oxygens (including phenoxy) is 2. The van der Waals surface area contributed by atoms with E-state index in [1.807, 2.05) is 6.07 Å². The molecule has 2 amide bonds. The van der Waals surface area contributed by atoms with Crippen molar-refractivity contribution in [3.05, 3.63) is 59.7 Å². The van der Waals surface area contributed by atoms with E-state index in [9.17, 15) is 18.0 Å². The van der Waals surface area contributed by atoms with E-state index in [0.717, 1.165) is 0 Å². The van der Waals surface area contributed by atoms with E-state index in [4.69, 9.17) is 14.7 Å². The van der Waals surface area contributed by atoms with Gasteiger partial charge in [0.15, 0.2) is 6.61 Å². The molecule has 1 aliphatic rings. The van der Waals surface area contributed by atoms with E-state index in [-0.39, 0.29) is 34.9 Å². The van der Waals surface area contributed by atoms with Crippen LogP contribution in [0.2, 0.25) is 0 Å². The first-order valence-electron chi connectivity index (χ1n) is 9.31. The first kappa shape index (κ1) is 22.2. The topological polar surface area (TPSA) is 138 Å². The number of morpholine rings is 1. The van der Waals surface area contributed by atoms with Crippen LogP contribution in [0.25, 0.3) is 0 Å². The van der Waals surface area contributed by atoms with Gasteiger partial charge in [0.2, 0.25) is 10.0 Å². The van der Waals surface area contributed by atoms with Crippen molar-refractivity contribution in [2.24, 2.45) is 0 Å². The summed E-state index contributed by atoms with van der Waals surface area (Å²) in [6.07, 6.45) is 0. The Morgan fingerprint density at radius 1 is 1.10 bits per heavy atom. The van der Waals surface area contributed by atoms with Gasteiger partial charge < -0.3 is 9.47 Å². The number of benzene rings is 2. The molecule has 0 aromatic heterocycles. The Labute approximate surface area is 179 Å². The van der Waals surface area contributed by atoms with Gasteiger partial charge >= 0.3 is 0 Å². The van der Waals surface area contributed by atoms with Gasteiger partial charge in [-0.3, -0.25) is 20.4 Å². The maximum atomic E-state index is 12.7. The predicted octanol–water partition coefficient (Wildman–Crippen LogP) is 0.419. The molecule has 0 saturated carbocycles. The molecule has 0 aliphatic carbocycles. The maximum Gasteiger partial charge on any atom is 0.276 e. The third kappa shape index (κ3) is 5.58. The SMILES string of the molecule is N#Cc1ccccc1OCC(=O)NNC(=O)c1cccc(S(=O)(=O)N2CCOCC2)c1. The standard InChI is InChI=1S/C20H20N4O6S/c21-13-16-4-1-2-7-18(16)30-14-19(25)22-23-20(26)15-5-3-6-17(12-15)31(27,28)24-8-10-29-11-9-24/h1-7,12H,8-11,14H2,(H,22,25)(H,23,26). The van der Waals surface area contributed by atoms with Crippen LogP contribution in [0, 0.1) is 11.3 Å². The molecule has 31 heavy (non-hydrogen) atoms. The molecule has 0 spiro atoms. The summed E-state index contributed by atoms with van der Waals surface area (Å²) in [4.78, 5) is 24.3. The third-order valence-electron chi connectivity index (χ3n) is 4.39. The average Bonchev–Trinajstić information content (AvgIpc) is 2.82. The molecule has 1 saturated heterocycles. The number of carbonyl (C=O) groups excluding carboxylic acids is 2. The van der Waals surface area contributed by atoms with Crippen LogP contribution in [0.5, 0.6) is 5.75 Å². The van der Waals surface area contributed by atoms with Crippen LogP contribution in [-0.4, -0.2) is 57.4 Å². The van der Waals surface area contributed by atoms with Gasteiger partial charge in [-0.15, -0.1) is 0 Å². The van der Waals surface area contributed by atoms with Crippen molar-refractivity contribution < 1.29 is 27.5 Å². The molecule has 2 aromatic rings. The number of amides is 2. The highest BCUT2D eigenvalue weighted by atomic mass is 32.2. The van der Waals surface area contributed by atoms with Crippen molar-refractivity contribution in [1.29, 1.82) is 5.26 Å². The Balaban J connectivity index is 1.57. The van der Waals surface area contributed by atoms with Crippen LogP contribution < -0.4 is 15.6 Å². The summed E-state index contributed by atoms with van der Waals surface area (Å²) < 4.78 is 37.2. The molecule has 2 aromatic carbocycles. The minimum Gasteiger partial charge on any atom is -0.482 e. The number of hydrazine groups is 1. The zero-order valence-electron chi connectivity index (χ0n) is 16.4. The second kappa shape index (κ2) is 10.0. The summed E-state index contributed by atoms with van der Waals surface area (Å²) in [5.74, 6) is -1.10. The Morgan fingerprint density at radius 2 is 1.84 bits per heavy atom. The number of rotatable bonds is 6. The third-order valence-corrected chi connectivity index (χ3v) is 6.28. The molecule has 0 unspecified atom stereocenters. The van der Waals surface area contributed by atoms with Gasteiger partial charge in [-0.05, 0) is 30.3 Å². The van der Waals surface area contributed by atoms with Gasteiger partial charge in [-0.25, -0.2) is 8.42 Å². The zero-order chi connectivity index (χ0) is 22.3. The molecule has 1 heterocycles. The number of hydrogen-bond acceptors (Lipinski definition) is 7. The lowest BCUT2D eigenvalue weighted by atomic mass is 10.2. The van der Waals surface area contributed by atoms with Gasteiger partial charge in [0.1, 0.15) is 11.8 Å². The van der Waals surface area contributed by atoms with E-state index in [1.165, 1.54) is 28.6 Å². The first-order valence-corrected chi connectivity index (χ1v) is 10.7. The molecule has 1 aliphatic heterocycles. The van der Waals surface area contributed by atoms with Crippen LogP contribution in [0.15, 0.2) is 53.4 Å². The number of sulfonamides is 1. The van der Waals surface area contributed by atoms with E-state index in [1.54, 1.807) is 24.3 Å². The predicted molar refractivity (Wildman–Crippen MR) is 108 cm³/mol. The van der Waals surface area contributed by atoms with Gasteiger partial charge in [0.25, 0.3) is 11.8 Å². The summed E-state index contributed by atoms with van der Waals surface area (Å²) in [7, 11) is -3.76. The van der Waals surface area contributed by atoms with Crippen molar-refractivity contribution >= 4 is 21.8 Å². The lowest BCUT2D eigenvalue weighted by molar-refractivity contribution is -0.123. The molecular weight excluding hydrogens is 424 g/mol. The molecular formula is C20H20N4O6S. The van der Waals surface area contributed by atoms with E-state index in [0.29, 0.717) is 13.2 Å². The summed E-state index contributed by atoms with van der Waals surface area (Å²) >= 11 is 0. The summed E-state index contributed by atoms with van der Waals surface area (Å²) in [5, 5.41) is 9.01. The summed E-state index contributed by atoms with van der Waals surface area (Å²) in [5.41, 5.74) is 4.73. The van der Waals surface area contributed by atoms with Crippen LogP contribution in [0.3, 0.4) is 0 Å². The van der Waals surface area contributed by atoms with E-state index >= 15 is 0 Å². The highest BCUT2D eigenvalue weighted by Crippen LogP contribution is 2.18. The van der Waals surface area contributed by atoms with Gasteiger partial charge in [0, 0.05) is 18.7 Å². The number of nitrogens with one attached hydrogen (secondary N) is 2. The molecule has 10 nitrogen and oxygen atoms in total. The van der Waals surface area contributed by atoms with Crippen LogP contribution in [0.1, 0.15) is 15.9 Å². The van der Waals surface area contributed by atoms with Crippen molar-refractivity contribution in [3.63, 3.8) is 0 Å². The van der Waals surface area contributed by atoms with Crippen molar-refractivity contribution in [2.75, 3.05) is 32.9 Å². The zero-order valence-corrected chi connectivity index (χ0v) is 17.2. The highest BCUT2D eigenvalue weighted by molar-refractivity contribution is 7.89. The maximum absolute atomic E-state index is 12.7. The van der Waals surface area contributed by atoms with E-state index in [2.05, 4.69) is 10.9 Å². The minimum atomic E-state index is -3.76. The Kier molecular flexibility index (Phi) is 7.19. The lowest BCUT2D eigenvalue weighted by Gasteiger charge is -2.26. The van der Waals surface area contributed by atoms with Crippen molar-refractivity contribution in [1.82, 2.24) is 15.2 Å². The number of hydrogen-bond donors (Lipinski definition) is 2. The molecule has 0 radical (unpaired) electrons. The minimum absolute atomic E-state index is 0.0233. The van der Waals surface area contributed by atoms with Crippen molar-refractivity contribution in [2.45, 2.75) is 4.90 Å². The largest absolute Gasteiger partial charge is 0.482 e. The smallest absolute Gasteiger partial charge is 0.276 e. The molecule has 1 fully saturated rings. The number of para-hydroxylation sites is 1. The van der Waals surface area contributed by atoms with Crippen LogP contribution >= 0.6 is 0 Å². The fourth-order valence-corrected chi connectivity index (χ4v) is 4.25. The molecule has 0 atom stereocenters. The van der Waals surface area contributed by atoms with Crippen LogP contribution in [-0.2, 0) is 19.6 Å². The first-order chi connectivity index (χ1) is 14.9. The lowest BCUT2D eigenvalue weighted by Crippen LogP contribution is -2.44. The highest BCUT2D eigenvalue weighted by Gasteiger charge is 2.26. The number of nitriles is 1. The molecule has 0 bridgehead atoms. The Morgan fingerprint density at radius 3 is 2.58 bits per heavy atom. The normalized spacial score (nSPS) is 14.3. The fourth-order valence-electron chi connectivity index (χ4n) is 2.80. The van der Waals surface area contributed by atoms with Gasteiger partial charge in [0.05, 0.1) is 23.7 Å². The summed E-state index contributed by atoms with van der Waals surface area (Å²) in [6, 6.07) is 13.9. The molecule has 2 N–H and O–H groups in total. The van der Waals surface area contributed by atoms with Gasteiger partial charge in [-0.1, -0.05) is 18.2 Å². The number of carbonyl (C=O) groups is 2. The molecule has 162 valence electrons. The summed E-state index contributed by atoms with van der Waals surface area (Å²) in [6.45, 7) is 0.677. The molecule has 11 heteroatoms. The second-order valence-corrected chi connectivity index (χ2v) is 8.38. The average molecular weight is 444 g/mol. The quantitative estimate of drug-likeness (QED) is 0.616. The Bertz CT molecular complexity index is 1110. The fraction of sp³-hybridized carbons (Fsp3) is 0.250. The Hall–Kier alpha value is -3.46. The van der Waals surface area contributed by atoms with Crippen LogP contribution in [0.4, 0.5) is 0 Å². The molecule has 3 rings (SSSR count). The van der Waals surface area contributed by atoms with Gasteiger partial charge in [-0.2, -0.15) is 9.57 Å². The second-order valence-electron chi connectivity index (χ2n) is 6.44.